The Morgan fingerprint density at radius 2 is 1.79 bits per heavy atom. The highest BCUT2D eigenvalue weighted by atomic mass is 16.2. The van der Waals surface area contributed by atoms with Crippen LogP contribution >= 0.6 is 0 Å². The van der Waals surface area contributed by atoms with Gasteiger partial charge < -0.3 is 14.7 Å². The molecule has 1 aromatic carbocycles. The Morgan fingerprint density at radius 1 is 1.07 bits per heavy atom. The van der Waals surface area contributed by atoms with E-state index in [1.165, 1.54) is 0 Å². The van der Waals surface area contributed by atoms with Gasteiger partial charge in [-0.1, -0.05) is 0 Å². The number of nitrogens with zero attached hydrogens (tertiary/aromatic N) is 6. The summed E-state index contributed by atoms with van der Waals surface area (Å²) in [5.74, 6) is 0.651. The van der Waals surface area contributed by atoms with Crippen molar-refractivity contribution in [1.29, 1.82) is 5.26 Å². The molecule has 0 unspecified atom stereocenters. The first kappa shape index (κ1) is 18.9. The molecule has 2 aliphatic heterocycles. The molecule has 0 radical (unpaired) electrons. The Balaban J connectivity index is 1.40. The summed E-state index contributed by atoms with van der Waals surface area (Å²) in [6.07, 6.45) is 1.47. The van der Waals surface area contributed by atoms with E-state index in [9.17, 15) is 9.59 Å². The second-order valence-corrected chi connectivity index (χ2v) is 7.28. The van der Waals surface area contributed by atoms with Crippen LogP contribution in [0.3, 0.4) is 0 Å². The van der Waals surface area contributed by atoms with Crippen LogP contribution < -0.4 is 9.80 Å². The van der Waals surface area contributed by atoms with Crippen LogP contribution in [0.25, 0.3) is 0 Å². The highest BCUT2D eigenvalue weighted by Gasteiger charge is 2.25. The maximum absolute atomic E-state index is 12.8. The lowest BCUT2D eigenvalue weighted by Gasteiger charge is -2.35. The number of carbonyl (C=O) groups excluding carboxylic acids is 2. The van der Waals surface area contributed by atoms with Gasteiger partial charge >= 0.3 is 0 Å². The zero-order valence-corrected chi connectivity index (χ0v) is 16.3. The van der Waals surface area contributed by atoms with Crippen LogP contribution in [0.15, 0.2) is 30.3 Å². The molecule has 0 bridgehead atoms. The average molecular weight is 390 g/mol. The number of nitriles is 1. The van der Waals surface area contributed by atoms with E-state index < -0.39 is 0 Å². The Morgan fingerprint density at radius 3 is 2.41 bits per heavy atom. The molecule has 2 saturated heterocycles. The van der Waals surface area contributed by atoms with Gasteiger partial charge in [0.2, 0.25) is 11.9 Å². The van der Waals surface area contributed by atoms with Gasteiger partial charge in [-0.2, -0.15) is 5.26 Å². The number of aromatic nitrogens is 2. The maximum atomic E-state index is 12.8. The maximum Gasteiger partial charge on any atom is 0.253 e. The van der Waals surface area contributed by atoms with Gasteiger partial charge in [0.15, 0.2) is 0 Å². The van der Waals surface area contributed by atoms with Crippen molar-refractivity contribution in [2.75, 3.05) is 42.5 Å². The molecular weight excluding hydrogens is 368 g/mol. The van der Waals surface area contributed by atoms with Gasteiger partial charge in [-0.3, -0.25) is 9.59 Å². The predicted molar refractivity (Wildman–Crippen MR) is 108 cm³/mol. The minimum Gasteiger partial charge on any atom is -0.337 e. The quantitative estimate of drug-likeness (QED) is 0.793. The summed E-state index contributed by atoms with van der Waals surface area (Å²) in [7, 11) is 0. The van der Waals surface area contributed by atoms with E-state index in [0.717, 1.165) is 24.3 Å². The van der Waals surface area contributed by atoms with Crippen molar-refractivity contribution >= 4 is 23.5 Å². The SMILES string of the molecule is Cc1cc(C#N)nc(N2CCN(C(=O)c3ccc(N4CCCC4=O)cc3)CC2)n1. The van der Waals surface area contributed by atoms with E-state index in [1.807, 2.05) is 28.9 Å². The van der Waals surface area contributed by atoms with E-state index >= 15 is 0 Å². The lowest BCUT2D eigenvalue weighted by molar-refractivity contribution is -0.117. The van der Waals surface area contributed by atoms with Crippen LogP contribution in [0.1, 0.15) is 34.6 Å². The highest BCUT2D eigenvalue weighted by Crippen LogP contribution is 2.22. The molecule has 8 nitrogen and oxygen atoms in total. The van der Waals surface area contributed by atoms with Gasteiger partial charge in [-0.25, -0.2) is 9.97 Å². The van der Waals surface area contributed by atoms with Crippen LogP contribution in [0.2, 0.25) is 0 Å². The molecule has 3 heterocycles. The normalized spacial score (nSPS) is 16.8. The third-order valence-electron chi connectivity index (χ3n) is 5.31. The molecule has 0 spiro atoms. The molecule has 2 aliphatic rings. The highest BCUT2D eigenvalue weighted by molar-refractivity contribution is 5.97. The Hall–Kier alpha value is -3.47. The standard InChI is InChI=1S/C21H22N6O2/c1-15-13-17(14-22)24-21(23-15)26-11-9-25(10-12-26)20(29)16-4-6-18(7-5-16)27-8-2-3-19(27)28/h4-7,13H,2-3,8-12H2,1H3. The third-order valence-corrected chi connectivity index (χ3v) is 5.31. The fraction of sp³-hybridized carbons (Fsp3) is 0.381. The van der Waals surface area contributed by atoms with Gasteiger partial charge in [0, 0.05) is 56.1 Å². The second-order valence-electron chi connectivity index (χ2n) is 7.28. The molecule has 0 atom stereocenters. The monoisotopic (exact) mass is 390 g/mol. The minimum atomic E-state index is -0.0215. The zero-order valence-electron chi connectivity index (χ0n) is 16.3. The number of piperazine rings is 1. The van der Waals surface area contributed by atoms with E-state index in [2.05, 4.69) is 16.0 Å². The average Bonchev–Trinajstić information content (AvgIpc) is 3.19. The smallest absolute Gasteiger partial charge is 0.253 e. The summed E-state index contributed by atoms with van der Waals surface area (Å²) in [4.78, 5) is 39.0. The fourth-order valence-corrected chi connectivity index (χ4v) is 3.75. The van der Waals surface area contributed by atoms with Crippen molar-refractivity contribution in [3.63, 3.8) is 0 Å². The predicted octanol–water partition coefficient (Wildman–Crippen LogP) is 1.75. The molecule has 0 aliphatic carbocycles. The van der Waals surface area contributed by atoms with Crippen molar-refractivity contribution in [2.45, 2.75) is 19.8 Å². The molecular formula is C21H22N6O2. The van der Waals surface area contributed by atoms with Crippen LogP contribution in [0, 0.1) is 18.3 Å². The number of hydrogen-bond donors (Lipinski definition) is 0. The molecule has 29 heavy (non-hydrogen) atoms. The summed E-state index contributed by atoms with van der Waals surface area (Å²) in [6.45, 7) is 4.92. The van der Waals surface area contributed by atoms with Crippen LogP contribution in [0.5, 0.6) is 0 Å². The van der Waals surface area contributed by atoms with Crippen molar-refractivity contribution in [3.8, 4) is 6.07 Å². The molecule has 148 valence electrons. The van der Waals surface area contributed by atoms with Crippen LogP contribution in [-0.4, -0.2) is 59.4 Å². The largest absolute Gasteiger partial charge is 0.337 e. The summed E-state index contributed by atoms with van der Waals surface area (Å²) < 4.78 is 0. The molecule has 2 aromatic rings. The van der Waals surface area contributed by atoms with Gasteiger partial charge in [0.1, 0.15) is 11.8 Å². The van der Waals surface area contributed by atoms with E-state index in [0.29, 0.717) is 49.8 Å². The fourth-order valence-electron chi connectivity index (χ4n) is 3.75. The van der Waals surface area contributed by atoms with E-state index in [4.69, 9.17) is 5.26 Å². The number of aryl methyl sites for hydroxylation is 1. The summed E-state index contributed by atoms with van der Waals surface area (Å²) in [5.41, 5.74) is 2.57. The number of carbonyl (C=O) groups is 2. The number of hydrogen-bond acceptors (Lipinski definition) is 6. The zero-order chi connectivity index (χ0) is 20.4. The topological polar surface area (TPSA) is 93.4 Å². The van der Waals surface area contributed by atoms with E-state index in [-0.39, 0.29) is 11.8 Å². The number of rotatable bonds is 3. The molecule has 1 aromatic heterocycles. The van der Waals surface area contributed by atoms with Gasteiger partial charge in [0.25, 0.3) is 5.91 Å². The number of benzene rings is 1. The molecule has 4 rings (SSSR count). The third kappa shape index (κ3) is 3.90. The Labute approximate surface area is 169 Å². The summed E-state index contributed by atoms with van der Waals surface area (Å²) in [6, 6.07) is 11.0. The van der Waals surface area contributed by atoms with Crippen molar-refractivity contribution < 1.29 is 9.59 Å². The minimum absolute atomic E-state index is 0.0215. The first-order valence-corrected chi connectivity index (χ1v) is 9.75. The number of amides is 2. The first-order chi connectivity index (χ1) is 14.0. The lowest BCUT2D eigenvalue weighted by Crippen LogP contribution is -2.49. The Kier molecular flexibility index (Phi) is 5.12. The molecule has 8 heteroatoms. The van der Waals surface area contributed by atoms with Gasteiger partial charge in [-0.05, 0) is 43.7 Å². The van der Waals surface area contributed by atoms with Crippen LogP contribution in [0.4, 0.5) is 11.6 Å². The first-order valence-electron chi connectivity index (χ1n) is 9.75. The number of anilines is 2. The van der Waals surface area contributed by atoms with Crippen molar-refractivity contribution in [1.82, 2.24) is 14.9 Å². The lowest BCUT2D eigenvalue weighted by atomic mass is 10.1. The molecule has 2 fully saturated rings. The second kappa shape index (κ2) is 7.87. The molecule has 0 saturated carbocycles. The molecule has 2 amide bonds. The van der Waals surface area contributed by atoms with Crippen molar-refractivity contribution in [2.24, 2.45) is 0 Å². The van der Waals surface area contributed by atoms with Crippen LogP contribution in [-0.2, 0) is 4.79 Å². The van der Waals surface area contributed by atoms with E-state index in [1.54, 1.807) is 23.1 Å². The summed E-state index contributed by atoms with van der Waals surface area (Å²) >= 11 is 0. The Bertz CT molecular complexity index is 974. The van der Waals surface area contributed by atoms with Gasteiger partial charge in [-0.15, -0.1) is 0 Å². The van der Waals surface area contributed by atoms with Crippen molar-refractivity contribution in [3.05, 3.63) is 47.3 Å². The summed E-state index contributed by atoms with van der Waals surface area (Å²) in [5, 5.41) is 9.10. The molecule has 0 N–H and O–H groups in total. The van der Waals surface area contributed by atoms with Gasteiger partial charge in [0.05, 0.1) is 0 Å².